The molecule has 1 saturated heterocycles. The van der Waals surface area contributed by atoms with Gasteiger partial charge in [-0.1, -0.05) is 6.07 Å². The van der Waals surface area contributed by atoms with Crippen LogP contribution in [0.25, 0.3) is 0 Å². The molecule has 0 aliphatic carbocycles. The molecule has 7 heteroatoms. The van der Waals surface area contributed by atoms with Crippen LogP contribution < -0.4 is 10.2 Å². The van der Waals surface area contributed by atoms with Crippen molar-refractivity contribution in [3.8, 4) is 5.75 Å². The quantitative estimate of drug-likeness (QED) is 0.421. The normalized spacial score (nSPS) is 17.9. The molecule has 4 aromatic rings. The van der Waals surface area contributed by atoms with Gasteiger partial charge in [0.2, 0.25) is 0 Å². The van der Waals surface area contributed by atoms with Crippen LogP contribution in [0.4, 0.5) is 5.69 Å². The monoisotopic (exact) mass is 455 g/mol. The molecule has 33 heavy (non-hydrogen) atoms. The number of thiocarbonyl (C=S) groups is 1. The van der Waals surface area contributed by atoms with Gasteiger partial charge in [-0.25, -0.2) is 0 Å². The molecular weight excluding hydrogens is 430 g/mol. The predicted octanol–water partition coefficient (Wildman–Crippen LogP) is 4.83. The number of nitrogens with zero attached hydrogens (tertiary/aromatic N) is 4. The highest BCUT2D eigenvalue weighted by Gasteiger charge is 2.42. The average molecular weight is 456 g/mol. The summed E-state index contributed by atoms with van der Waals surface area (Å²) in [7, 11) is 0. The minimum atomic E-state index is -0.109. The smallest absolute Gasteiger partial charge is 0.174 e. The second-order valence-electron chi connectivity index (χ2n) is 8.28. The van der Waals surface area contributed by atoms with Gasteiger partial charge in [0, 0.05) is 42.2 Å². The fraction of sp³-hybridized carbons (Fsp3) is 0.192. The number of aromatic hydroxyl groups is 1. The Kier molecular flexibility index (Phi) is 5.56. The molecule has 0 bridgehead atoms. The molecule has 0 amide bonds. The van der Waals surface area contributed by atoms with Crippen LogP contribution in [-0.2, 0) is 6.54 Å². The summed E-state index contributed by atoms with van der Waals surface area (Å²) in [6.07, 6.45) is 5.47. The fourth-order valence-corrected chi connectivity index (χ4v) is 4.95. The highest BCUT2D eigenvalue weighted by atomic mass is 32.1. The van der Waals surface area contributed by atoms with E-state index in [9.17, 15) is 5.11 Å². The molecule has 3 aromatic heterocycles. The van der Waals surface area contributed by atoms with E-state index in [-0.39, 0.29) is 17.8 Å². The van der Waals surface area contributed by atoms with E-state index >= 15 is 0 Å². The lowest BCUT2D eigenvalue weighted by Crippen LogP contribution is -2.29. The number of phenolic OH excluding ortho intramolecular Hbond substituents is 1. The number of benzene rings is 1. The highest BCUT2D eigenvalue weighted by molar-refractivity contribution is 7.80. The Morgan fingerprint density at radius 2 is 1.76 bits per heavy atom. The van der Waals surface area contributed by atoms with Crippen LogP contribution in [0.3, 0.4) is 0 Å². The van der Waals surface area contributed by atoms with E-state index in [1.165, 1.54) is 22.5 Å². The van der Waals surface area contributed by atoms with Crippen molar-refractivity contribution < 1.29 is 5.11 Å². The van der Waals surface area contributed by atoms with Gasteiger partial charge in [-0.05, 0) is 91.8 Å². The standard InChI is InChI=1S/C26H25N5OS/c1-17-15-22(18(2)30(17)16-19-10-13-27-14-11-19)25-24(23-5-3-4-12-28-23)29-26(33)31(25)20-6-8-21(32)9-7-20/h3-15,24-25,32H,16H2,1-2H3,(H,29,33)/t24-,25-/m1/s1. The molecule has 1 aromatic carbocycles. The summed E-state index contributed by atoms with van der Waals surface area (Å²) in [4.78, 5) is 10.9. The van der Waals surface area contributed by atoms with Crippen LogP contribution >= 0.6 is 12.2 Å². The summed E-state index contributed by atoms with van der Waals surface area (Å²) in [6, 6.07) is 19.3. The largest absolute Gasteiger partial charge is 0.508 e. The molecule has 0 unspecified atom stereocenters. The van der Waals surface area contributed by atoms with Crippen molar-refractivity contribution in [2.45, 2.75) is 32.5 Å². The first-order chi connectivity index (χ1) is 16.0. The van der Waals surface area contributed by atoms with Gasteiger partial charge in [-0.2, -0.15) is 0 Å². The van der Waals surface area contributed by atoms with Crippen LogP contribution in [0.2, 0.25) is 0 Å². The van der Waals surface area contributed by atoms with Crippen molar-refractivity contribution in [3.05, 3.63) is 107 Å². The number of pyridine rings is 2. The van der Waals surface area contributed by atoms with E-state index in [2.05, 4.69) is 44.7 Å². The zero-order valence-electron chi connectivity index (χ0n) is 18.5. The lowest BCUT2D eigenvalue weighted by atomic mass is 9.96. The van der Waals surface area contributed by atoms with Crippen molar-refractivity contribution in [2.24, 2.45) is 0 Å². The third-order valence-corrected chi connectivity index (χ3v) is 6.56. The second-order valence-corrected chi connectivity index (χ2v) is 8.67. The summed E-state index contributed by atoms with van der Waals surface area (Å²) in [6.45, 7) is 5.08. The van der Waals surface area contributed by atoms with Crippen LogP contribution in [0.5, 0.6) is 5.75 Å². The third-order valence-electron chi connectivity index (χ3n) is 6.25. The third kappa shape index (κ3) is 3.96. The molecule has 0 radical (unpaired) electrons. The van der Waals surface area contributed by atoms with Crippen molar-refractivity contribution in [3.63, 3.8) is 0 Å². The van der Waals surface area contributed by atoms with Gasteiger partial charge in [0.15, 0.2) is 5.11 Å². The van der Waals surface area contributed by atoms with Gasteiger partial charge in [0.25, 0.3) is 0 Å². The van der Waals surface area contributed by atoms with E-state index < -0.39 is 0 Å². The van der Waals surface area contributed by atoms with Crippen LogP contribution in [0.15, 0.2) is 79.3 Å². The van der Waals surface area contributed by atoms with Crippen molar-refractivity contribution in [1.82, 2.24) is 19.9 Å². The average Bonchev–Trinajstić information content (AvgIpc) is 3.32. The maximum atomic E-state index is 9.82. The topological polar surface area (TPSA) is 66.2 Å². The zero-order valence-corrected chi connectivity index (χ0v) is 19.3. The van der Waals surface area contributed by atoms with Crippen molar-refractivity contribution >= 4 is 23.0 Å². The molecule has 166 valence electrons. The number of hydrogen-bond acceptors (Lipinski definition) is 4. The number of aryl methyl sites for hydroxylation is 1. The highest BCUT2D eigenvalue weighted by Crippen LogP contribution is 2.43. The molecule has 1 aliphatic rings. The van der Waals surface area contributed by atoms with E-state index in [1.807, 2.05) is 61.1 Å². The number of anilines is 1. The minimum absolute atomic E-state index is 0.0886. The minimum Gasteiger partial charge on any atom is -0.508 e. The molecule has 5 rings (SSSR count). The van der Waals surface area contributed by atoms with Gasteiger partial charge in [-0.3, -0.25) is 9.97 Å². The molecular formula is C26H25N5OS. The van der Waals surface area contributed by atoms with E-state index in [0.717, 1.165) is 17.9 Å². The molecule has 6 nitrogen and oxygen atoms in total. The summed E-state index contributed by atoms with van der Waals surface area (Å²) in [5.74, 6) is 0.227. The Hall–Kier alpha value is -3.71. The first kappa shape index (κ1) is 21.2. The van der Waals surface area contributed by atoms with Crippen LogP contribution in [0, 0.1) is 13.8 Å². The summed E-state index contributed by atoms with van der Waals surface area (Å²) in [5, 5.41) is 14.0. The summed E-state index contributed by atoms with van der Waals surface area (Å²) in [5.41, 5.74) is 6.62. The SMILES string of the molecule is Cc1cc([C@@H]2[C@@H](c3ccccn3)NC(=S)N2c2ccc(O)cc2)c(C)n1Cc1ccncc1. The van der Waals surface area contributed by atoms with Gasteiger partial charge in [-0.15, -0.1) is 0 Å². The second kappa shape index (κ2) is 8.67. The number of nitrogens with one attached hydrogen (secondary N) is 1. The van der Waals surface area contributed by atoms with Gasteiger partial charge >= 0.3 is 0 Å². The van der Waals surface area contributed by atoms with E-state index in [4.69, 9.17) is 12.2 Å². The zero-order chi connectivity index (χ0) is 22.9. The Balaban J connectivity index is 1.62. The molecule has 0 spiro atoms. The molecule has 1 fully saturated rings. The van der Waals surface area contributed by atoms with Gasteiger partial charge in [0.05, 0.1) is 17.8 Å². The molecule has 1 aliphatic heterocycles. The van der Waals surface area contributed by atoms with E-state index in [1.54, 1.807) is 12.1 Å². The summed E-state index contributed by atoms with van der Waals surface area (Å²) >= 11 is 5.81. The first-order valence-electron chi connectivity index (χ1n) is 10.9. The van der Waals surface area contributed by atoms with E-state index in [0.29, 0.717) is 5.11 Å². The number of hydrogen-bond donors (Lipinski definition) is 2. The van der Waals surface area contributed by atoms with Crippen LogP contribution in [-0.4, -0.2) is 24.8 Å². The maximum Gasteiger partial charge on any atom is 0.174 e. The Morgan fingerprint density at radius 1 is 1.00 bits per heavy atom. The lowest BCUT2D eigenvalue weighted by molar-refractivity contribution is 0.475. The Morgan fingerprint density at radius 3 is 2.45 bits per heavy atom. The van der Waals surface area contributed by atoms with Gasteiger partial charge < -0.3 is 19.9 Å². The molecule has 0 saturated carbocycles. The Bertz CT molecular complexity index is 1270. The number of phenols is 1. The van der Waals surface area contributed by atoms with Crippen LogP contribution in [0.1, 0.15) is 40.3 Å². The summed E-state index contributed by atoms with van der Waals surface area (Å²) < 4.78 is 2.33. The first-order valence-corrected chi connectivity index (χ1v) is 11.3. The molecule has 2 atom stereocenters. The lowest BCUT2D eigenvalue weighted by Gasteiger charge is -2.28. The number of rotatable bonds is 5. The predicted molar refractivity (Wildman–Crippen MR) is 133 cm³/mol. The number of aromatic nitrogens is 3. The van der Waals surface area contributed by atoms with Gasteiger partial charge in [0.1, 0.15) is 5.75 Å². The molecule has 2 N–H and O–H groups in total. The Labute approximate surface area is 198 Å². The molecule has 4 heterocycles. The van der Waals surface area contributed by atoms with Crippen molar-refractivity contribution in [1.29, 1.82) is 0 Å². The van der Waals surface area contributed by atoms with Crippen molar-refractivity contribution in [2.75, 3.05) is 4.90 Å². The fourth-order valence-electron chi connectivity index (χ4n) is 4.60. The maximum absolute atomic E-state index is 9.82.